The second kappa shape index (κ2) is 6.43. The zero-order valence-corrected chi connectivity index (χ0v) is 12.0. The third-order valence-electron chi connectivity index (χ3n) is 3.12. The summed E-state index contributed by atoms with van der Waals surface area (Å²) in [5.41, 5.74) is 9.03. The predicted molar refractivity (Wildman–Crippen MR) is 83.1 cm³/mol. The normalized spacial score (nSPS) is 10.4. The zero-order valence-electron chi connectivity index (χ0n) is 11.2. The first kappa shape index (κ1) is 14.4. The Morgan fingerprint density at radius 2 is 1.90 bits per heavy atom. The van der Waals surface area contributed by atoms with Crippen molar-refractivity contribution in [3.63, 3.8) is 0 Å². The summed E-state index contributed by atoms with van der Waals surface area (Å²) in [6, 6.07) is 12.6. The van der Waals surface area contributed by atoms with E-state index in [4.69, 9.17) is 5.73 Å². The van der Waals surface area contributed by atoms with E-state index in [9.17, 15) is 10.1 Å². The van der Waals surface area contributed by atoms with E-state index in [1.54, 1.807) is 23.9 Å². The van der Waals surface area contributed by atoms with Gasteiger partial charge in [-0.05, 0) is 36.6 Å². The number of hydrogen-bond acceptors (Lipinski definition) is 4. The number of benzene rings is 2. The van der Waals surface area contributed by atoms with Crippen LogP contribution in [0.1, 0.15) is 11.1 Å². The number of nitrogens with two attached hydrogens (primary N) is 1. The fourth-order valence-corrected chi connectivity index (χ4v) is 2.92. The van der Waals surface area contributed by atoms with Gasteiger partial charge in [0, 0.05) is 28.5 Å². The molecule has 0 unspecified atom stereocenters. The fraction of sp³-hybridized carbons (Fsp3) is 0.200. The van der Waals surface area contributed by atoms with Crippen LogP contribution < -0.4 is 5.73 Å². The number of thioether (sulfide) groups is 1. The fourth-order valence-electron chi connectivity index (χ4n) is 1.85. The number of rotatable bonds is 5. The van der Waals surface area contributed by atoms with Gasteiger partial charge in [0.15, 0.2) is 0 Å². The summed E-state index contributed by atoms with van der Waals surface area (Å²) in [4.78, 5) is 11.4. The summed E-state index contributed by atoms with van der Waals surface area (Å²) in [5, 5.41) is 10.6. The highest BCUT2D eigenvalue weighted by Gasteiger charge is 2.05. The van der Waals surface area contributed by atoms with Crippen molar-refractivity contribution in [2.24, 2.45) is 0 Å². The molecule has 0 aliphatic rings. The lowest BCUT2D eigenvalue weighted by Gasteiger charge is -2.07. The Morgan fingerprint density at radius 1 is 1.20 bits per heavy atom. The van der Waals surface area contributed by atoms with E-state index in [0.29, 0.717) is 0 Å². The predicted octanol–water partition coefficient (Wildman–Crippen LogP) is 3.82. The number of nitrogens with zero attached hydrogens (tertiary/aromatic N) is 1. The van der Waals surface area contributed by atoms with Crippen LogP contribution >= 0.6 is 11.8 Å². The molecule has 0 aromatic heterocycles. The first-order valence-corrected chi connectivity index (χ1v) is 7.27. The smallest absolute Gasteiger partial charge is 0.269 e. The van der Waals surface area contributed by atoms with E-state index in [0.717, 1.165) is 29.0 Å². The first-order valence-electron chi connectivity index (χ1n) is 6.29. The molecule has 2 rings (SSSR count). The van der Waals surface area contributed by atoms with Crippen molar-refractivity contribution in [1.29, 1.82) is 0 Å². The Morgan fingerprint density at radius 3 is 2.55 bits per heavy atom. The summed E-state index contributed by atoms with van der Waals surface area (Å²) >= 11 is 1.75. The van der Waals surface area contributed by atoms with Gasteiger partial charge in [-0.15, -0.1) is 11.8 Å². The monoisotopic (exact) mass is 288 g/mol. The van der Waals surface area contributed by atoms with Gasteiger partial charge >= 0.3 is 0 Å². The van der Waals surface area contributed by atoms with Crippen molar-refractivity contribution in [3.8, 4) is 0 Å². The van der Waals surface area contributed by atoms with Gasteiger partial charge in [0.1, 0.15) is 0 Å². The second-order valence-electron chi connectivity index (χ2n) is 4.49. The Balaban J connectivity index is 1.92. The molecule has 0 aliphatic heterocycles. The molecule has 0 saturated carbocycles. The number of nitro groups is 1. The average molecular weight is 288 g/mol. The summed E-state index contributed by atoms with van der Waals surface area (Å²) in [6.45, 7) is 2.02. The van der Waals surface area contributed by atoms with Gasteiger partial charge in [0.05, 0.1) is 4.92 Å². The molecule has 2 N–H and O–H groups in total. The van der Waals surface area contributed by atoms with Crippen LogP contribution in [0.2, 0.25) is 0 Å². The third-order valence-corrected chi connectivity index (χ3v) is 4.28. The molecular formula is C15H16N2O2S. The van der Waals surface area contributed by atoms with Crippen molar-refractivity contribution in [2.45, 2.75) is 18.2 Å². The summed E-state index contributed by atoms with van der Waals surface area (Å²) in [7, 11) is 0. The molecule has 0 radical (unpaired) electrons. The number of nitro benzene ring substituents is 1. The van der Waals surface area contributed by atoms with Crippen LogP contribution in [-0.4, -0.2) is 10.7 Å². The highest BCUT2D eigenvalue weighted by Crippen LogP contribution is 2.26. The quantitative estimate of drug-likeness (QED) is 0.393. The van der Waals surface area contributed by atoms with Gasteiger partial charge in [0.2, 0.25) is 0 Å². The first-order chi connectivity index (χ1) is 9.58. The molecule has 4 nitrogen and oxygen atoms in total. The van der Waals surface area contributed by atoms with Crippen LogP contribution in [0.4, 0.5) is 11.4 Å². The van der Waals surface area contributed by atoms with Gasteiger partial charge < -0.3 is 5.73 Å². The van der Waals surface area contributed by atoms with Crippen molar-refractivity contribution < 1.29 is 4.92 Å². The SMILES string of the molecule is Cc1c(N)cccc1SCCc1ccc([N+](=O)[O-])cc1. The van der Waals surface area contributed by atoms with Crippen LogP contribution in [0.3, 0.4) is 0 Å². The number of non-ortho nitro benzene ring substituents is 1. The highest BCUT2D eigenvalue weighted by atomic mass is 32.2. The standard InChI is InChI=1S/C15H16N2O2S/c1-11-14(16)3-2-4-15(11)20-10-9-12-5-7-13(8-6-12)17(18)19/h2-8H,9-10,16H2,1H3. The molecule has 5 heteroatoms. The molecule has 0 fully saturated rings. The lowest BCUT2D eigenvalue weighted by molar-refractivity contribution is -0.384. The largest absolute Gasteiger partial charge is 0.398 e. The second-order valence-corrected chi connectivity index (χ2v) is 5.63. The molecular weight excluding hydrogens is 272 g/mol. The maximum absolute atomic E-state index is 10.6. The lowest BCUT2D eigenvalue weighted by Crippen LogP contribution is -1.94. The van der Waals surface area contributed by atoms with E-state index in [2.05, 4.69) is 6.07 Å². The van der Waals surface area contributed by atoms with E-state index in [-0.39, 0.29) is 10.6 Å². The zero-order chi connectivity index (χ0) is 14.5. The Labute approximate surface area is 122 Å². The van der Waals surface area contributed by atoms with E-state index < -0.39 is 0 Å². The van der Waals surface area contributed by atoms with E-state index in [1.165, 1.54) is 4.90 Å². The summed E-state index contributed by atoms with van der Waals surface area (Å²) < 4.78 is 0. The lowest BCUT2D eigenvalue weighted by atomic mass is 10.1. The van der Waals surface area contributed by atoms with Gasteiger partial charge in [-0.3, -0.25) is 10.1 Å². The van der Waals surface area contributed by atoms with Gasteiger partial charge in [0.25, 0.3) is 5.69 Å². The Hall–Kier alpha value is -2.01. The minimum atomic E-state index is -0.380. The van der Waals surface area contributed by atoms with Crippen molar-refractivity contribution in [3.05, 3.63) is 63.7 Å². The van der Waals surface area contributed by atoms with Crippen LogP contribution in [-0.2, 0) is 6.42 Å². The van der Waals surface area contributed by atoms with Crippen molar-refractivity contribution >= 4 is 23.1 Å². The molecule has 0 amide bonds. The average Bonchev–Trinajstić information content (AvgIpc) is 2.44. The van der Waals surface area contributed by atoms with Crippen molar-refractivity contribution in [1.82, 2.24) is 0 Å². The van der Waals surface area contributed by atoms with E-state index >= 15 is 0 Å². The molecule has 0 aliphatic carbocycles. The number of hydrogen-bond donors (Lipinski definition) is 1. The van der Waals surface area contributed by atoms with E-state index in [1.807, 2.05) is 31.2 Å². The van der Waals surface area contributed by atoms with Gasteiger partial charge in [-0.2, -0.15) is 0 Å². The molecule has 0 atom stereocenters. The Kier molecular flexibility index (Phi) is 4.63. The minimum Gasteiger partial charge on any atom is -0.398 e. The molecule has 0 bridgehead atoms. The maximum atomic E-state index is 10.6. The molecule has 104 valence electrons. The summed E-state index contributed by atoms with van der Waals surface area (Å²) in [5.74, 6) is 0.919. The molecule has 2 aromatic carbocycles. The molecule has 2 aromatic rings. The topological polar surface area (TPSA) is 69.2 Å². The Bertz CT molecular complexity index is 612. The van der Waals surface area contributed by atoms with Gasteiger partial charge in [-0.25, -0.2) is 0 Å². The van der Waals surface area contributed by atoms with Crippen LogP contribution in [0.5, 0.6) is 0 Å². The van der Waals surface area contributed by atoms with Crippen LogP contribution in [0.15, 0.2) is 47.4 Å². The molecule has 0 heterocycles. The number of anilines is 1. The van der Waals surface area contributed by atoms with Crippen LogP contribution in [0.25, 0.3) is 0 Å². The molecule has 0 saturated heterocycles. The molecule has 0 spiro atoms. The maximum Gasteiger partial charge on any atom is 0.269 e. The third kappa shape index (κ3) is 3.51. The highest BCUT2D eigenvalue weighted by molar-refractivity contribution is 7.99. The van der Waals surface area contributed by atoms with Crippen molar-refractivity contribution in [2.75, 3.05) is 11.5 Å². The van der Waals surface area contributed by atoms with Gasteiger partial charge in [-0.1, -0.05) is 18.2 Å². The summed E-state index contributed by atoms with van der Waals surface area (Å²) in [6.07, 6.45) is 0.872. The minimum absolute atomic E-state index is 0.132. The molecule has 20 heavy (non-hydrogen) atoms. The number of nitrogen functional groups attached to an aromatic ring is 1. The number of aryl methyl sites for hydroxylation is 1. The van der Waals surface area contributed by atoms with Crippen LogP contribution in [0, 0.1) is 17.0 Å².